The fraction of sp³-hybridized carbons (Fsp3) is 0.167. The summed E-state index contributed by atoms with van der Waals surface area (Å²) in [6.07, 6.45) is 1.83. The van der Waals surface area contributed by atoms with Gasteiger partial charge in [0.1, 0.15) is 12.7 Å². The minimum Gasteiger partial charge on any atom is -0.477 e. The van der Waals surface area contributed by atoms with E-state index in [0.717, 1.165) is 5.56 Å². The first-order valence-corrected chi connectivity index (χ1v) is 8.29. The van der Waals surface area contributed by atoms with Gasteiger partial charge in [0.15, 0.2) is 5.56 Å². The Bertz CT molecular complexity index is 1060. The fourth-order valence-electron chi connectivity index (χ4n) is 2.76. The van der Waals surface area contributed by atoms with Crippen LogP contribution in [0.25, 0.3) is 16.8 Å². The summed E-state index contributed by atoms with van der Waals surface area (Å²) in [6.45, 7) is 2.14. The Kier molecular flexibility index (Phi) is 4.67. The maximum Gasteiger partial charge on any atom is 0.354 e. The summed E-state index contributed by atoms with van der Waals surface area (Å²) in [5, 5.41) is 20.4. The Morgan fingerprint density at radius 3 is 2.56 bits per heavy atom. The van der Waals surface area contributed by atoms with Gasteiger partial charge in [0.25, 0.3) is 11.5 Å². The van der Waals surface area contributed by atoms with Crippen LogP contribution in [-0.2, 0) is 6.54 Å². The third-order valence-electron chi connectivity index (χ3n) is 3.88. The van der Waals surface area contributed by atoms with Crippen LogP contribution in [0.2, 0.25) is 10.0 Å². The number of fused-ring (bicyclic) bond motifs is 1. The number of nitriles is 1. The third-order valence-corrected chi connectivity index (χ3v) is 4.31. The summed E-state index contributed by atoms with van der Waals surface area (Å²) in [5.74, 6) is -0.218. The van der Waals surface area contributed by atoms with E-state index >= 15 is 0 Å². The Balaban J connectivity index is 2.42. The molecule has 5 nitrogen and oxygen atoms in total. The molecule has 0 fully saturated rings. The van der Waals surface area contributed by atoms with Crippen LogP contribution in [0, 0.1) is 18.3 Å². The molecule has 0 radical (unpaired) electrons. The molecule has 1 aromatic carbocycles. The lowest BCUT2D eigenvalue weighted by Gasteiger charge is -2.10. The second kappa shape index (κ2) is 6.75. The van der Waals surface area contributed by atoms with Crippen molar-refractivity contribution < 1.29 is 9.51 Å². The maximum atomic E-state index is 12.9. The molecule has 2 heterocycles. The molecule has 7 heteroatoms. The highest BCUT2D eigenvalue weighted by Crippen LogP contribution is 2.31. The SMILES string of the molecule is Cc1cc[n+]2c(=O)c(-c3cc(Cl)cc(Cl)c3)c(O)n(CCC#N)c2c1. The van der Waals surface area contributed by atoms with E-state index in [9.17, 15) is 9.90 Å². The zero-order chi connectivity index (χ0) is 18.1. The first-order valence-electron chi connectivity index (χ1n) is 7.53. The standard InChI is InChI=1S/C18H13Cl2N3O2/c1-11-3-6-23-15(7-11)22(5-2-4-21)17(24)16(18(23)25)12-8-13(19)10-14(20)9-12/h3,6-10H,2,5H2,1H3/p+1. The zero-order valence-corrected chi connectivity index (χ0v) is 14.8. The Morgan fingerprint density at radius 2 is 1.92 bits per heavy atom. The molecule has 0 bridgehead atoms. The van der Waals surface area contributed by atoms with Crippen LogP contribution < -0.4 is 9.96 Å². The monoisotopic (exact) mass is 374 g/mol. The van der Waals surface area contributed by atoms with Crippen molar-refractivity contribution in [3.63, 3.8) is 0 Å². The normalized spacial score (nSPS) is 10.8. The lowest BCUT2D eigenvalue weighted by molar-refractivity contribution is -0.532. The van der Waals surface area contributed by atoms with Crippen molar-refractivity contribution >= 4 is 28.8 Å². The molecule has 2 aromatic heterocycles. The Labute approximate surface area is 153 Å². The molecule has 0 aliphatic heterocycles. The van der Waals surface area contributed by atoms with Crippen LogP contribution >= 0.6 is 23.2 Å². The number of aromatic nitrogens is 2. The van der Waals surface area contributed by atoms with Gasteiger partial charge in [0, 0.05) is 21.7 Å². The average Bonchev–Trinajstić information content (AvgIpc) is 2.53. The average molecular weight is 375 g/mol. The van der Waals surface area contributed by atoms with Gasteiger partial charge < -0.3 is 5.11 Å². The molecule has 1 N–H and O–H groups in total. The van der Waals surface area contributed by atoms with Crippen LogP contribution in [0.3, 0.4) is 0 Å². The highest BCUT2D eigenvalue weighted by atomic mass is 35.5. The second-order valence-corrected chi connectivity index (χ2v) is 6.53. The van der Waals surface area contributed by atoms with E-state index in [1.165, 1.54) is 4.40 Å². The van der Waals surface area contributed by atoms with Gasteiger partial charge >= 0.3 is 5.56 Å². The predicted molar refractivity (Wildman–Crippen MR) is 95.9 cm³/mol. The van der Waals surface area contributed by atoms with Gasteiger partial charge in [-0.25, -0.2) is 4.79 Å². The van der Waals surface area contributed by atoms with Crippen molar-refractivity contribution in [2.24, 2.45) is 0 Å². The number of benzene rings is 1. The summed E-state index contributed by atoms with van der Waals surface area (Å²) in [4.78, 5) is 12.9. The first-order chi connectivity index (χ1) is 11.9. The molecule has 3 aromatic rings. The number of halogens is 2. The van der Waals surface area contributed by atoms with Gasteiger partial charge in [0.05, 0.1) is 12.5 Å². The zero-order valence-electron chi connectivity index (χ0n) is 13.3. The molecule has 0 saturated carbocycles. The highest BCUT2D eigenvalue weighted by molar-refractivity contribution is 6.35. The van der Waals surface area contributed by atoms with Gasteiger partial charge in [-0.05, 0) is 36.8 Å². The van der Waals surface area contributed by atoms with Gasteiger partial charge in [-0.2, -0.15) is 14.2 Å². The van der Waals surface area contributed by atoms with Crippen LogP contribution in [0.5, 0.6) is 5.88 Å². The van der Waals surface area contributed by atoms with E-state index < -0.39 is 0 Å². The molecule has 0 aliphatic carbocycles. The molecule has 0 atom stereocenters. The highest BCUT2D eigenvalue weighted by Gasteiger charge is 2.25. The van der Waals surface area contributed by atoms with E-state index in [4.69, 9.17) is 28.5 Å². The summed E-state index contributed by atoms with van der Waals surface area (Å²) in [7, 11) is 0. The summed E-state index contributed by atoms with van der Waals surface area (Å²) >= 11 is 12.1. The number of aromatic hydroxyl groups is 1. The lowest BCUT2D eigenvalue weighted by atomic mass is 10.1. The molecule has 3 rings (SSSR count). The smallest absolute Gasteiger partial charge is 0.354 e. The molecule has 0 spiro atoms. The van der Waals surface area contributed by atoms with Crippen molar-refractivity contribution in [3.05, 3.63) is 62.5 Å². The number of hydrogen-bond acceptors (Lipinski definition) is 3. The largest absolute Gasteiger partial charge is 0.477 e. The van der Waals surface area contributed by atoms with Gasteiger partial charge in [-0.3, -0.25) is 0 Å². The Hall–Kier alpha value is -2.55. The summed E-state index contributed by atoms with van der Waals surface area (Å²) in [6, 6.07) is 10.3. The van der Waals surface area contributed by atoms with Crippen LogP contribution in [0.1, 0.15) is 12.0 Å². The van der Waals surface area contributed by atoms with Crippen molar-refractivity contribution in [3.8, 4) is 23.1 Å². The fourth-order valence-corrected chi connectivity index (χ4v) is 3.29. The van der Waals surface area contributed by atoms with E-state index in [1.54, 1.807) is 41.1 Å². The number of aryl methyl sites for hydroxylation is 2. The maximum absolute atomic E-state index is 12.9. The van der Waals surface area contributed by atoms with Crippen molar-refractivity contribution in [1.29, 1.82) is 5.26 Å². The molecule has 0 unspecified atom stereocenters. The molecule has 126 valence electrons. The van der Waals surface area contributed by atoms with E-state index in [0.29, 0.717) is 21.3 Å². The Morgan fingerprint density at radius 1 is 1.24 bits per heavy atom. The lowest BCUT2D eigenvalue weighted by Crippen LogP contribution is -2.43. The van der Waals surface area contributed by atoms with Crippen molar-refractivity contribution in [2.75, 3.05) is 0 Å². The number of pyridine rings is 1. The predicted octanol–water partition coefficient (Wildman–Crippen LogP) is 3.49. The van der Waals surface area contributed by atoms with E-state index in [2.05, 4.69) is 6.07 Å². The number of hydrogen-bond donors (Lipinski definition) is 1. The second-order valence-electron chi connectivity index (χ2n) is 5.65. The molecule has 0 saturated heterocycles. The molecular formula is C18H14Cl2N3O2+. The van der Waals surface area contributed by atoms with E-state index in [-0.39, 0.29) is 30.0 Å². The van der Waals surface area contributed by atoms with Gasteiger partial charge in [0.2, 0.25) is 0 Å². The van der Waals surface area contributed by atoms with E-state index in [1.807, 2.05) is 6.92 Å². The van der Waals surface area contributed by atoms with Crippen LogP contribution in [0.15, 0.2) is 41.3 Å². The quantitative estimate of drug-likeness (QED) is 0.713. The number of nitrogens with zero attached hydrogens (tertiary/aromatic N) is 3. The summed E-state index contributed by atoms with van der Waals surface area (Å²) < 4.78 is 2.98. The topological polar surface area (TPSA) is 70.1 Å². The van der Waals surface area contributed by atoms with Crippen LogP contribution in [-0.4, -0.2) is 9.67 Å². The molecule has 0 aliphatic rings. The van der Waals surface area contributed by atoms with Crippen molar-refractivity contribution in [1.82, 2.24) is 4.57 Å². The molecular weight excluding hydrogens is 361 g/mol. The molecule has 25 heavy (non-hydrogen) atoms. The van der Waals surface area contributed by atoms with Crippen LogP contribution in [0.4, 0.5) is 0 Å². The van der Waals surface area contributed by atoms with Crippen molar-refractivity contribution in [2.45, 2.75) is 19.9 Å². The molecule has 0 amide bonds. The van der Waals surface area contributed by atoms with Gasteiger partial charge in [-0.15, -0.1) is 0 Å². The minimum atomic E-state index is -0.390. The van der Waals surface area contributed by atoms with Gasteiger partial charge in [-0.1, -0.05) is 23.2 Å². The third kappa shape index (κ3) is 3.19. The summed E-state index contributed by atoms with van der Waals surface area (Å²) in [5.41, 5.74) is 1.56. The minimum absolute atomic E-state index is 0.0868. The first kappa shape index (κ1) is 17.3. The number of rotatable bonds is 3.